The molecule has 0 bridgehead atoms. The van der Waals surface area contributed by atoms with E-state index in [9.17, 15) is 13.0 Å². The van der Waals surface area contributed by atoms with Crippen LogP contribution in [0.3, 0.4) is 0 Å². The number of benzene rings is 2. The fourth-order valence-corrected chi connectivity index (χ4v) is 3.48. The molecule has 0 saturated carbocycles. The van der Waals surface area contributed by atoms with Gasteiger partial charge in [0.05, 0.1) is 20.6 Å². The Morgan fingerprint density at radius 3 is 2.08 bits per heavy atom. The van der Waals surface area contributed by atoms with Gasteiger partial charge in [-0.05, 0) is 50.2 Å². The molecule has 0 fully saturated rings. The Kier molecular flexibility index (Phi) is 9.02. The van der Waals surface area contributed by atoms with Crippen LogP contribution in [0.4, 0.5) is 17.1 Å². The molecule has 0 amide bonds. The summed E-state index contributed by atoms with van der Waals surface area (Å²) in [5.41, 5.74) is 1.85. The van der Waals surface area contributed by atoms with Crippen molar-refractivity contribution in [3.05, 3.63) is 46.4 Å². The van der Waals surface area contributed by atoms with Crippen LogP contribution in [0.2, 0.25) is 10.0 Å². The number of azo groups is 1. The maximum atomic E-state index is 11.1. The maximum absolute atomic E-state index is 11.1. The van der Waals surface area contributed by atoms with Gasteiger partial charge >= 0.3 is 29.6 Å². The van der Waals surface area contributed by atoms with E-state index in [0.29, 0.717) is 5.69 Å². The minimum atomic E-state index is -4.70. The minimum Gasteiger partial charge on any atom is -0.744 e. The van der Waals surface area contributed by atoms with Crippen molar-refractivity contribution in [2.45, 2.75) is 18.7 Å². The predicted molar refractivity (Wildman–Crippen MR) is 98.6 cm³/mol. The van der Waals surface area contributed by atoms with E-state index >= 15 is 0 Å². The first-order chi connectivity index (χ1) is 11.8. The van der Waals surface area contributed by atoms with E-state index in [1.54, 1.807) is 0 Å². The molecule has 10 heteroatoms. The van der Waals surface area contributed by atoms with Crippen LogP contribution in [0.1, 0.15) is 13.8 Å². The molecule has 6 nitrogen and oxygen atoms in total. The summed E-state index contributed by atoms with van der Waals surface area (Å²) in [7, 11) is -4.70. The van der Waals surface area contributed by atoms with E-state index in [0.717, 1.165) is 24.8 Å². The average Bonchev–Trinajstić information content (AvgIpc) is 2.56. The second kappa shape index (κ2) is 10.0. The summed E-state index contributed by atoms with van der Waals surface area (Å²) in [6, 6.07) is 9.66. The number of hydrogen-bond donors (Lipinski definition) is 0. The average molecular weight is 424 g/mol. The molecule has 0 aliphatic rings. The molecule has 0 aliphatic heterocycles. The number of anilines is 1. The van der Waals surface area contributed by atoms with E-state index in [1.807, 2.05) is 24.3 Å². The van der Waals surface area contributed by atoms with Crippen molar-refractivity contribution in [1.29, 1.82) is 0 Å². The Morgan fingerprint density at radius 2 is 1.58 bits per heavy atom. The third kappa shape index (κ3) is 5.92. The topological polar surface area (TPSA) is 85.2 Å². The van der Waals surface area contributed by atoms with Crippen LogP contribution in [0, 0.1) is 0 Å². The molecule has 0 radical (unpaired) electrons. The van der Waals surface area contributed by atoms with Crippen LogP contribution in [0.25, 0.3) is 0 Å². The molecule has 26 heavy (non-hydrogen) atoms. The van der Waals surface area contributed by atoms with Crippen LogP contribution in [-0.4, -0.2) is 26.1 Å². The summed E-state index contributed by atoms with van der Waals surface area (Å²) in [5, 5.41) is 7.76. The molecule has 0 saturated heterocycles. The third-order valence-electron chi connectivity index (χ3n) is 3.52. The molecule has 2 aromatic carbocycles. The first-order valence-corrected chi connectivity index (χ1v) is 9.64. The molecular weight excluding hydrogens is 408 g/mol. The van der Waals surface area contributed by atoms with Gasteiger partial charge in [-0.3, -0.25) is 0 Å². The Labute approximate surface area is 185 Å². The summed E-state index contributed by atoms with van der Waals surface area (Å²) in [4.78, 5) is 1.61. The normalized spacial score (nSPS) is 11.4. The molecule has 0 N–H and O–H groups in total. The van der Waals surface area contributed by atoms with Gasteiger partial charge in [-0.1, -0.05) is 23.2 Å². The fraction of sp³-hybridized carbons (Fsp3) is 0.250. The van der Waals surface area contributed by atoms with Crippen molar-refractivity contribution >= 4 is 50.4 Å². The zero-order valence-electron chi connectivity index (χ0n) is 14.6. The Hall–Kier alpha value is -0.670. The Balaban J connectivity index is 0.00000338. The van der Waals surface area contributed by atoms with Crippen LogP contribution in [-0.2, 0) is 10.1 Å². The van der Waals surface area contributed by atoms with E-state index < -0.39 is 15.0 Å². The molecule has 0 heterocycles. The van der Waals surface area contributed by atoms with Gasteiger partial charge in [0, 0.05) is 18.8 Å². The van der Waals surface area contributed by atoms with Crippen LogP contribution < -0.4 is 34.5 Å². The first-order valence-electron chi connectivity index (χ1n) is 7.48. The van der Waals surface area contributed by atoms with Crippen molar-refractivity contribution in [2.24, 2.45) is 10.2 Å². The van der Waals surface area contributed by atoms with Gasteiger partial charge in [-0.25, -0.2) is 8.42 Å². The van der Waals surface area contributed by atoms with Gasteiger partial charge in [-0.2, -0.15) is 5.11 Å². The molecule has 134 valence electrons. The second-order valence-corrected chi connectivity index (χ2v) is 7.24. The van der Waals surface area contributed by atoms with Crippen molar-refractivity contribution < 1.29 is 42.5 Å². The minimum absolute atomic E-state index is 0. The van der Waals surface area contributed by atoms with Crippen molar-refractivity contribution in [3.8, 4) is 0 Å². The smallest absolute Gasteiger partial charge is 0.744 e. The van der Waals surface area contributed by atoms with Crippen LogP contribution in [0.15, 0.2) is 51.5 Å². The van der Waals surface area contributed by atoms with E-state index in [-0.39, 0.29) is 45.3 Å². The summed E-state index contributed by atoms with van der Waals surface area (Å²) in [6.07, 6.45) is 0. The number of nitrogens with zero attached hydrogens (tertiary/aromatic N) is 3. The SMILES string of the molecule is CCN(CC)c1ccc(N=Nc2cc(Cl)c(S(=O)(=O)[O-])cc2Cl)cc1.[Na+]. The van der Waals surface area contributed by atoms with Crippen molar-refractivity contribution in [2.75, 3.05) is 18.0 Å². The van der Waals surface area contributed by atoms with E-state index in [2.05, 4.69) is 29.0 Å². The van der Waals surface area contributed by atoms with Crippen LogP contribution in [0.5, 0.6) is 0 Å². The molecule has 0 unspecified atom stereocenters. The van der Waals surface area contributed by atoms with E-state index in [4.69, 9.17) is 23.2 Å². The predicted octanol–water partition coefficient (Wildman–Crippen LogP) is 2.16. The summed E-state index contributed by atoms with van der Waals surface area (Å²) >= 11 is 11.8. The maximum Gasteiger partial charge on any atom is 1.00 e. The molecule has 0 spiro atoms. The summed E-state index contributed by atoms with van der Waals surface area (Å²) in [5.74, 6) is 0. The Morgan fingerprint density at radius 1 is 1.00 bits per heavy atom. The zero-order valence-corrected chi connectivity index (χ0v) is 18.9. The quantitative estimate of drug-likeness (QED) is 0.404. The molecular formula is C16H16Cl2N3NaO3S. The monoisotopic (exact) mass is 423 g/mol. The summed E-state index contributed by atoms with van der Waals surface area (Å²) < 4.78 is 33.2. The fourth-order valence-electron chi connectivity index (χ4n) is 2.22. The Bertz CT molecular complexity index is 886. The molecule has 2 rings (SSSR count). The summed E-state index contributed by atoms with van der Waals surface area (Å²) in [6.45, 7) is 5.96. The first kappa shape index (κ1) is 23.4. The van der Waals surface area contributed by atoms with Crippen LogP contribution >= 0.6 is 23.2 Å². The molecule has 0 atom stereocenters. The number of hydrogen-bond acceptors (Lipinski definition) is 6. The van der Waals surface area contributed by atoms with E-state index in [1.165, 1.54) is 6.07 Å². The van der Waals surface area contributed by atoms with Gasteiger partial charge in [0.2, 0.25) is 0 Å². The van der Waals surface area contributed by atoms with Crippen molar-refractivity contribution in [3.63, 3.8) is 0 Å². The largest absolute Gasteiger partial charge is 1.00 e. The third-order valence-corrected chi connectivity index (χ3v) is 5.13. The van der Waals surface area contributed by atoms with Gasteiger partial charge in [0.15, 0.2) is 0 Å². The molecule has 0 aliphatic carbocycles. The zero-order chi connectivity index (χ0) is 18.6. The van der Waals surface area contributed by atoms with Gasteiger partial charge < -0.3 is 9.45 Å². The van der Waals surface area contributed by atoms with Gasteiger partial charge in [-0.15, -0.1) is 5.11 Å². The van der Waals surface area contributed by atoms with Gasteiger partial charge in [0.25, 0.3) is 0 Å². The second-order valence-electron chi connectivity index (χ2n) is 5.08. The van der Waals surface area contributed by atoms with Crippen molar-refractivity contribution in [1.82, 2.24) is 0 Å². The number of rotatable bonds is 6. The molecule has 0 aromatic heterocycles. The standard InChI is InChI=1S/C16H17Cl2N3O3S.Na/c1-3-21(4-2)12-7-5-11(6-8-12)19-20-15-9-14(18)16(10-13(15)17)25(22,23)24;/h5-10H,3-4H2,1-2H3,(H,22,23,24);/q;+1/p-1. The van der Waals surface area contributed by atoms with Gasteiger partial charge in [0.1, 0.15) is 15.8 Å². The number of halogens is 2. The molecule has 2 aromatic rings.